The summed E-state index contributed by atoms with van der Waals surface area (Å²) in [6.07, 6.45) is 3.62. The van der Waals surface area contributed by atoms with Gasteiger partial charge < -0.3 is 10.1 Å². The van der Waals surface area contributed by atoms with Crippen molar-refractivity contribution in [2.24, 2.45) is 4.99 Å². The number of pyridine rings is 1. The van der Waals surface area contributed by atoms with Gasteiger partial charge in [-0.2, -0.15) is 4.99 Å². The molecule has 0 saturated heterocycles. The van der Waals surface area contributed by atoms with E-state index >= 15 is 0 Å². The van der Waals surface area contributed by atoms with E-state index in [1.807, 2.05) is 61.5 Å². The van der Waals surface area contributed by atoms with Crippen LogP contribution in [0, 0.1) is 6.92 Å². The van der Waals surface area contributed by atoms with Gasteiger partial charge in [-0.15, -0.1) is 0 Å². The summed E-state index contributed by atoms with van der Waals surface area (Å²) in [6.45, 7) is 1.98. The molecule has 0 atom stereocenters. The van der Waals surface area contributed by atoms with Crippen molar-refractivity contribution in [2.45, 2.75) is 6.92 Å². The molecule has 0 fully saturated rings. The van der Waals surface area contributed by atoms with Crippen LogP contribution < -0.4 is 10.1 Å². The number of methoxy groups -OCH3 is 1. The second kappa shape index (κ2) is 7.25. The molecule has 0 bridgehead atoms. The van der Waals surface area contributed by atoms with Crippen LogP contribution >= 0.6 is 11.8 Å². The zero-order chi connectivity index (χ0) is 18.8. The van der Waals surface area contributed by atoms with Crippen LogP contribution in [-0.4, -0.2) is 23.2 Å². The molecule has 1 aliphatic heterocycles. The summed E-state index contributed by atoms with van der Waals surface area (Å²) < 4.78 is 5.39. The van der Waals surface area contributed by atoms with Gasteiger partial charge in [0.1, 0.15) is 5.75 Å². The van der Waals surface area contributed by atoms with Crippen LogP contribution in [0.3, 0.4) is 0 Å². The zero-order valence-corrected chi connectivity index (χ0v) is 15.7. The van der Waals surface area contributed by atoms with Gasteiger partial charge in [0, 0.05) is 11.6 Å². The van der Waals surface area contributed by atoms with E-state index < -0.39 is 0 Å². The molecule has 1 N–H and O–H groups in total. The number of amidine groups is 1. The second-order valence-electron chi connectivity index (χ2n) is 6.07. The summed E-state index contributed by atoms with van der Waals surface area (Å²) in [5.74, 6) is 0.464. The topological polar surface area (TPSA) is 63.6 Å². The highest BCUT2D eigenvalue weighted by Crippen LogP contribution is 2.33. The Hall–Kier alpha value is -3.12. The first kappa shape index (κ1) is 17.3. The molecule has 0 radical (unpaired) electrons. The summed E-state index contributed by atoms with van der Waals surface area (Å²) in [7, 11) is 1.62. The normalized spacial score (nSPS) is 15.3. The van der Waals surface area contributed by atoms with Gasteiger partial charge in [0.05, 0.1) is 23.2 Å². The molecule has 2 aromatic carbocycles. The van der Waals surface area contributed by atoms with Crippen molar-refractivity contribution in [3.8, 4) is 5.75 Å². The number of aromatic nitrogens is 1. The fourth-order valence-electron chi connectivity index (χ4n) is 2.88. The van der Waals surface area contributed by atoms with Crippen LogP contribution in [0.15, 0.2) is 64.6 Å². The number of nitrogens with zero attached hydrogens (tertiary/aromatic N) is 2. The molecule has 0 unspecified atom stereocenters. The first-order valence-electron chi connectivity index (χ1n) is 8.42. The predicted molar refractivity (Wildman–Crippen MR) is 111 cm³/mol. The van der Waals surface area contributed by atoms with Crippen molar-refractivity contribution in [1.29, 1.82) is 0 Å². The van der Waals surface area contributed by atoms with Crippen LogP contribution in [0.25, 0.3) is 17.0 Å². The minimum absolute atomic E-state index is 0.249. The number of ether oxygens (including phenoxy) is 1. The Morgan fingerprint density at radius 2 is 2.04 bits per heavy atom. The molecule has 1 aromatic heterocycles. The molecule has 134 valence electrons. The van der Waals surface area contributed by atoms with Crippen LogP contribution in [0.5, 0.6) is 5.75 Å². The second-order valence-corrected chi connectivity index (χ2v) is 7.10. The number of nitrogens with one attached hydrogen (secondary N) is 1. The summed E-state index contributed by atoms with van der Waals surface area (Å²) in [5.41, 5.74) is 3.70. The number of aryl methyl sites for hydroxylation is 1. The SMILES string of the molecule is COc1cccc(C)c1NC1=NC(=O)/C(=C/c2ccc3ncccc3c2)S1. The lowest BCUT2D eigenvalue weighted by molar-refractivity contribution is -0.113. The molecular weight excluding hydrogens is 358 g/mol. The number of amides is 1. The standard InChI is InChI=1S/C21H17N3O2S/c1-13-5-3-7-17(26-2)19(13)23-21-24-20(25)18(27-21)12-14-8-9-16-15(11-14)6-4-10-22-16/h3-12H,1-2H3,(H,23,24,25)/b18-12-. The first-order valence-corrected chi connectivity index (χ1v) is 9.24. The molecule has 0 saturated carbocycles. The molecule has 2 heterocycles. The minimum atomic E-state index is -0.249. The molecule has 0 aliphatic carbocycles. The van der Waals surface area contributed by atoms with E-state index in [1.165, 1.54) is 11.8 Å². The number of benzene rings is 2. The molecule has 1 amide bonds. The molecule has 4 rings (SSSR count). The smallest absolute Gasteiger partial charge is 0.286 e. The van der Waals surface area contributed by atoms with Crippen LogP contribution in [-0.2, 0) is 4.79 Å². The third-order valence-electron chi connectivity index (χ3n) is 4.23. The van der Waals surface area contributed by atoms with E-state index in [4.69, 9.17) is 4.74 Å². The van der Waals surface area contributed by atoms with E-state index in [2.05, 4.69) is 15.3 Å². The van der Waals surface area contributed by atoms with Gasteiger partial charge in [0.25, 0.3) is 5.91 Å². The van der Waals surface area contributed by atoms with Crippen LogP contribution in [0.4, 0.5) is 5.69 Å². The molecule has 1 aliphatic rings. The van der Waals surface area contributed by atoms with Crippen molar-refractivity contribution in [3.05, 3.63) is 70.8 Å². The molecule has 27 heavy (non-hydrogen) atoms. The van der Waals surface area contributed by atoms with Crippen LogP contribution in [0.2, 0.25) is 0 Å². The highest BCUT2D eigenvalue weighted by Gasteiger charge is 2.23. The van der Waals surface area contributed by atoms with Crippen molar-refractivity contribution < 1.29 is 9.53 Å². The largest absolute Gasteiger partial charge is 0.495 e. The molecular formula is C21H17N3O2S. The Kier molecular flexibility index (Phi) is 4.64. The van der Waals surface area contributed by atoms with E-state index in [-0.39, 0.29) is 5.91 Å². The Morgan fingerprint density at radius 3 is 2.89 bits per heavy atom. The summed E-state index contributed by atoms with van der Waals surface area (Å²) in [5, 5.41) is 4.80. The number of hydrogen-bond acceptors (Lipinski definition) is 5. The number of carbonyl (C=O) groups is 1. The van der Waals surface area contributed by atoms with Gasteiger partial charge >= 0.3 is 0 Å². The monoisotopic (exact) mass is 375 g/mol. The number of fused-ring (bicyclic) bond motifs is 1. The molecule has 6 heteroatoms. The Labute approximate surface area is 161 Å². The minimum Gasteiger partial charge on any atom is -0.495 e. The maximum absolute atomic E-state index is 12.3. The van der Waals surface area contributed by atoms with Gasteiger partial charge in [-0.3, -0.25) is 9.78 Å². The van der Waals surface area contributed by atoms with Crippen molar-refractivity contribution in [3.63, 3.8) is 0 Å². The number of thioether (sulfide) groups is 1. The lowest BCUT2D eigenvalue weighted by Crippen LogP contribution is -2.07. The highest BCUT2D eigenvalue weighted by molar-refractivity contribution is 8.18. The Bertz CT molecular complexity index is 1110. The van der Waals surface area contributed by atoms with E-state index in [1.54, 1.807) is 13.3 Å². The number of para-hydroxylation sites is 1. The van der Waals surface area contributed by atoms with Gasteiger partial charge in [-0.1, -0.05) is 24.3 Å². The molecule has 0 spiro atoms. The number of rotatable bonds is 3. The van der Waals surface area contributed by atoms with E-state index in [0.29, 0.717) is 15.8 Å². The molecule has 5 nitrogen and oxygen atoms in total. The number of hydrogen-bond donors (Lipinski definition) is 1. The maximum atomic E-state index is 12.3. The quantitative estimate of drug-likeness (QED) is 0.676. The fraction of sp³-hybridized carbons (Fsp3) is 0.0952. The van der Waals surface area contributed by atoms with Gasteiger partial charge in [-0.25, -0.2) is 0 Å². The third-order valence-corrected chi connectivity index (χ3v) is 5.13. The predicted octanol–water partition coefficient (Wildman–Crippen LogP) is 4.63. The van der Waals surface area contributed by atoms with Gasteiger partial charge in [0.2, 0.25) is 0 Å². The zero-order valence-electron chi connectivity index (χ0n) is 14.9. The van der Waals surface area contributed by atoms with E-state index in [9.17, 15) is 4.79 Å². The number of carbonyl (C=O) groups excluding carboxylic acids is 1. The van der Waals surface area contributed by atoms with Gasteiger partial charge in [0.15, 0.2) is 5.17 Å². The number of anilines is 1. The lowest BCUT2D eigenvalue weighted by Gasteiger charge is -2.12. The van der Waals surface area contributed by atoms with Crippen LogP contribution in [0.1, 0.15) is 11.1 Å². The summed E-state index contributed by atoms with van der Waals surface area (Å²) >= 11 is 1.32. The lowest BCUT2D eigenvalue weighted by atomic mass is 10.1. The van der Waals surface area contributed by atoms with Crippen molar-refractivity contribution in [2.75, 3.05) is 12.4 Å². The third kappa shape index (κ3) is 3.57. The average molecular weight is 375 g/mol. The Morgan fingerprint density at radius 1 is 1.15 bits per heavy atom. The fourth-order valence-corrected chi connectivity index (χ4v) is 3.69. The van der Waals surface area contributed by atoms with E-state index in [0.717, 1.165) is 27.7 Å². The maximum Gasteiger partial charge on any atom is 0.286 e. The average Bonchev–Trinajstić information content (AvgIpc) is 3.02. The first-order chi connectivity index (χ1) is 13.1. The summed E-state index contributed by atoms with van der Waals surface area (Å²) in [6, 6.07) is 15.6. The molecule has 3 aromatic rings. The number of aliphatic imine (C=N–C) groups is 1. The highest BCUT2D eigenvalue weighted by atomic mass is 32.2. The van der Waals surface area contributed by atoms with Crippen molar-refractivity contribution >= 4 is 45.5 Å². The van der Waals surface area contributed by atoms with Gasteiger partial charge in [-0.05, 0) is 60.2 Å². The summed E-state index contributed by atoms with van der Waals surface area (Å²) in [4.78, 5) is 21.3. The Balaban J connectivity index is 1.58. The van der Waals surface area contributed by atoms with Crippen molar-refractivity contribution in [1.82, 2.24) is 4.98 Å².